The number of rotatable bonds is 3. The summed E-state index contributed by atoms with van der Waals surface area (Å²) in [4.78, 5) is 40.5. The number of carbonyl (C=O) groups is 3. The van der Waals surface area contributed by atoms with Gasteiger partial charge in [-0.25, -0.2) is 9.69 Å². The second-order valence-corrected chi connectivity index (χ2v) is 7.83. The maximum atomic E-state index is 13.0. The largest absolute Gasteiger partial charge is 0.416 e. The second kappa shape index (κ2) is 7.18. The highest BCUT2D eigenvalue weighted by molar-refractivity contribution is 7.12. The number of piperidine rings is 1. The molecule has 4 amide bonds. The average molecular weight is 423 g/mol. The summed E-state index contributed by atoms with van der Waals surface area (Å²) in [6.07, 6.45) is -3.90. The zero-order valence-electron chi connectivity index (χ0n) is 15.0. The van der Waals surface area contributed by atoms with Crippen molar-refractivity contribution < 1.29 is 27.6 Å². The predicted octanol–water partition coefficient (Wildman–Crippen LogP) is 3.50. The number of alkyl halides is 3. The Morgan fingerprint density at radius 1 is 1.17 bits per heavy atom. The van der Waals surface area contributed by atoms with E-state index in [1.165, 1.54) is 28.4 Å². The lowest BCUT2D eigenvalue weighted by atomic mass is 9.98. The third-order valence-corrected chi connectivity index (χ3v) is 5.93. The van der Waals surface area contributed by atoms with Gasteiger partial charge in [0.2, 0.25) is 0 Å². The molecular weight excluding hydrogens is 407 g/mol. The third kappa shape index (κ3) is 3.59. The number of imide groups is 1. The number of nitrogens with zero attached hydrogens (tertiary/aromatic N) is 2. The van der Waals surface area contributed by atoms with Crippen molar-refractivity contribution in [3.8, 4) is 0 Å². The van der Waals surface area contributed by atoms with Crippen molar-refractivity contribution in [2.75, 3.05) is 11.4 Å². The number of carbonyl (C=O) groups excluding carboxylic acids is 3. The van der Waals surface area contributed by atoms with Crippen molar-refractivity contribution in [3.63, 3.8) is 0 Å². The topological polar surface area (TPSA) is 69.7 Å². The van der Waals surface area contributed by atoms with Crippen LogP contribution in [-0.2, 0) is 11.0 Å². The van der Waals surface area contributed by atoms with Crippen LogP contribution in [0.1, 0.15) is 28.1 Å². The first-order chi connectivity index (χ1) is 13.8. The van der Waals surface area contributed by atoms with Crippen LogP contribution in [0.2, 0.25) is 0 Å². The van der Waals surface area contributed by atoms with Gasteiger partial charge >= 0.3 is 12.2 Å². The molecule has 0 radical (unpaired) electrons. The van der Waals surface area contributed by atoms with Crippen molar-refractivity contribution in [2.45, 2.75) is 31.1 Å². The van der Waals surface area contributed by atoms with Crippen LogP contribution in [0.15, 0.2) is 41.8 Å². The summed E-state index contributed by atoms with van der Waals surface area (Å²) in [6, 6.07) is 5.86. The van der Waals surface area contributed by atoms with Crippen molar-refractivity contribution in [3.05, 3.63) is 52.2 Å². The summed E-state index contributed by atoms with van der Waals surface area (Å²) < 4.78 is 39.0. The third-order valence-electron chi connectivity index (χ3n) is 5.06. The number of fused-ring (bicyclic) bond motifs is 1. The molecule has 4 rings (SSSR count). The van der Waals surface area contributed by atoms with Crippen molar-refractivity contribution >= 4 is 34.9 Å². The van der Waals surface area contributed by atoms with Crippen molar-refractivity contribution in [1.29, 1.82) is 0 Å². The number of benzene rings is 1. The Morgan fingerprint density at radius 3 is 2.66 bits per heavy atom. The van der Waals surface area contributed by atoms with E-state index in [0.717, 1.165) is 17.0 Å². The van der Waals surface area contributed by atoms with Crippen LogP contribution in [-0.4, -0.2) is 41.4 Å². The number of urea groups is 1. The van der Waals surface area contributed by atoms with Crippen LogP contribution in [0, 0.1) is 0 Å². The molecule has 0 spiro atoms. The molecule has 2 fully saturated rings. The molecule has 3 heterocycles. The minimum absolute atomic E-state index is 0.108. The summed E-state index contributed by atoms with van der Waals surface area (Å²) in [5.74, 6) is -0.825. The standard InChI is InChI=1S/C19H16F3N3O3S/c20-19(21,22)11-3-1-4-13(9-11)25-17(27)14-10-12(6-7-24(14)18(25)28)23-16(26)15-5-2-8-29-15/h1-5,8-9,12,14H,6-7,10H2,(H,23,26)/t12-,14+/m0/s1. The first-order valence-corrected chi connectivity index (χ1v) is 9.80. The molecule has 2 aliphatic rings. The lowest BCUT2D eigenvalue weighted by Crippen LogP contribution is -2.49. The number of amides is 4. The summed E-state index contributed by atoms with van der Waals surface area (Å²) >= 11 is 1.30. The van der Waals surface area contributed by atoms with Gasteiger partial charge in [-0.3, -0.25) is 9.59 Å². The fraction of sp³-hybridized carbons (Fsp3) is 0.316. The number of halogens is 3. The zero-order chi connectivity index (χ0) is 20.8. The van der Waals surface area contributed by atoms with Gasteiger partial charge in [0.25, 0.3) is 11.8 Å². The Balaban J connectivity index is 1.52. The Labute approximate surface area is 167 Å². The van der Waals surface area contributed by atoms with Gasteiger partial charge in [0, 0.05) is 12.6 Å². The molecule has 0 saturated carbocycles. The normalized spacial score (nSPS) is 22.0. The smallest absolute Gasteiger partial charge is 0.348 e. The van der Waals surface area contributed by atoms with Crippen molar-refractivity contribution in [2.24, 2.45) is 0 Å². The minimum atomic E-state index is -4.58. The molecule has 0 bridgehead atoms. The van der Waals surface area contributed by atoms with Gasteiger partial charge in [0.05, 0.1) is 16.1 Å². The van der Waals surface area contributed by atoms with Crippen LogP contribution in [0.3, 0.4) is 0 Å². The van der Waals surface area contributed by atoms with E-state index in [9.17, 15) is 27.6 Å². The SMILES string of the molecule is O=C(N[C@H]1CCN2C(=O)N(c3cccc(C(F)(F)F)c3)C(=O)[C@H]2C1)c1cccs1. The molecule has 2 aromatic rings. The number of hydrogen-bond donors (Lipinski definition) is 1. The van der Waals surface area contributed by atoms with E-state index in [1.807, 2.05) is 0 Å². The van der Waals surface area contributed by atoms with Crippen LogP contribution >= 0.6 is 11.3 Å². The lowest BCUT2D eigenvalue weighted by Gasteiger charge is -2.32. The molecule has 6 nitrogen and oxygen atoms in total. The Bertz CT molecular complexity index is 961. The maximum absolute atomic E-state index is 13.0. The monoisotopic (exact) mass is 423 g/mol. The quantitative estimate of drug-likeness (QED) is 0.769. The Morgan fingerprint density at radius 2 is 1.97 bits per heavy atom. The molecule has 1 N–H and O–H groups in total. The highest BCUT2D eigenvalue weighted by Crippen LogP contribution is 2.35. The van der Waals surface area contributed by atoms with E-state index >= 15 is 0 Å². The minimum Gasteiger partial charge on any atom is -0.348 e. The molecule has 10 heteroatoms. The van der Waals surface area contributed by atoms with Crippen molar-refractivity contribution in [1.82, 2.24) is 10.2 Å². The number of anilines is 1. The van der Waals surface area contributed by atoms with Gasteiger partial charge < -0.3 is 10.2 Å². The van der Waals surface area contributed by atoms with E-state index in [2.05, 4.69) is 5.32 Å². The molecule has 0 aliphatic carbocycles. The van der Waals surface area contributed by atoms with Gasteiger partial charge in [0.15, 0.2) is 0 Å². The van der Waals surface area contributed by atoms with Crippen LogP contribution in [0.25, 0.3) is 0 Å². The fourth-order valence-electron chi connectivity index (χ4n) is 3.65. The first-order valence-electron chi connectivity index (χ1n) is 8.92. The van der Waals surface area contributed by atoms with Crippen LogP contribution < -0.4 is 10.2 Å². The first kappa shape index (κ1) is 19.4. The fourth-order valence-corrected chi connectivity index (χ4v) is 4.28. The predicted molar refractivity (Wildman–Crippen MR) is 99.6 cm³/mol. The highest BCUT2D eigenvalue weighted by atomic mass is 32.1. The van der Waals surface area contributed by atoms with E-state index in [4.69, 9.17) is 0 Å². The Kier molecular flexibility index (Phi) is 4.81. The molecule has 2 saturated heterocycles. The maximum Gasteiger partial charge on any atom is 0.416 e. The van der Waals surface area contributed by atoms with E-state index in [1.54, 1.807) is 17.5 Å². The van der Waals surface area contributed by atoms with E-state index in [-0.39, 0.29) is 30.6 Å². The summed E-state index contributed by atoms with van der Waals surface area (Å²) in [7, 11) is 0. The molecule has 29 heavy (non-hydrogen) atoms. The second-order valence-electron chi connectivity index (χ2n) is 6.89. The van der Waals surface area contributed by atoms with Gasteiger partial charge in [-0.05, 0) is 42.5 Å². The molecular formula is C19H16F3N3O3S. The van der Waals surface area contributed by atoms with Crippen LogP contribution in [0.4, 0.5) is 23.7 Å². The number of nitrogens with one attached hydrogen (secondary N) is 1. The summed E-state index contributed by atoms with van der Waals surface area (Å²) in [5, 5.41) is 4.65. The summed E-state index contributed by atoms with van der Waals surface area (Å²) in [6.45, 7) is 0.236. The lowest BCUT2D eigenvalue weighted by molar-refractivity contribution is -0.137. The molecule has 1 aromatic heterocycles. The molecule has 1 aromatic carbocycles. The highest BCUT2D eigenvalue weighted by Gasteiger charge is 2.49. The molecule has 2 aliphatic heterocycles. The molecule has 2 atom stereocenters. The van der Waals surface area contributed by atoms with Gasteiger partial charge in [0.1, 0.15) is 6.04 Å². The summed E-state index contributed by atoms with van der Waals surface area (Å²) in [5.41, 5.74) is -1.04. The Hall–Kier alpha value is -2.88. The number of thiophene rings is 1. The average Bonchev–Trinajstić information content (AvgIpc) is 3.29. The van der Waals surface area contributed by atoms with E-state index < -0.39 is 29.7 Å². The van der Waals surface area contributed by atoms with Gasteiger partial charge in [-0.15, -0.1) is 11.3 Å². The number of hydrogen-bond acceptors (Lipinski definition) is 4. The van der Waals surface area contributed by atoms with E-state index in [0.29, 0.717) is 11.3 Å². The van der Waals surface area contributed by atoms with Crippen LogP contribution in [0.5, 0.6) is 0 Å². The van der Waals surface area contributed by atoms with Gasteiger partial charge in [-0.2, -0.15) is 13.2 Å². The molecule has 152 valence electrons. The zero-order valence-corrected chi connectivity index (χ0v) is 15.8. The molecule has 0 unspecified atom stereocenters. The van der Waals surface area contributed by atoms with Gasteiger partial charge in [-0.1, -0.05) is 12.1 Å².